The Morgan fingerprint density at radius 2 is 2.39 bits per heavy atom. The molecule has 4 heteroatoms. The molecule has 4 nitrogen and oxygen atoms in total. The topological polar surface area (TPSA) is 33.1 Å². The van der Waals surface area contributed by atoms with Crippen LogP contribution in [0, 0.1) is 5.92 Å². The number of hydrogen-bond donors (Lipinski definition) is 1. The molecule has 1 atom stereocenters. The lowest BCUT2D eigenvalue weighted by atomic mass is 10.1. The first-order chi connectivity index (χ1) is 8.70. The molecule has 1 N–H and O–H groups in total. The largest absolute Gasteiger partial charge is 0.340 e. The minimum atomic E-state index is 0.630. The SMILES string of the molecule is CCn1ccnc1N(CC(C)C)CC1CCCN1. The Morgan fingerprint density at radius 3 is 3.00 bits per heavy atom. The summed E-state index contributed by atoms with van der Waals surface area (Å²) in [7, 11) is 0. The molecule has 1 unspecified atom stereocenters. The van der Waals surface area contributed by atoms with Gasteiger partial charge in [-0.25, -0.2) is 4.98 Å². The summed E-state index contributed by atoms with van der Waals surface area (Å²) in [5.41, 5.74) is 0. The van der Waals surface area contributed by atoms with E-state index in [2.05, 4.69) is 46.7 Å². The predicted molar refractivity (Wildman–Crippen MR) is 76.0 cm³/mol. The number of aryl methyl sites for hydroxylation is 1. The lowest BCUT2D eigenvalue weighted by Crippen LogP contribution is -2.40. The molecule has 1 saturated heterocycles. The average Bonchev–Trinajstić information content (AvgIpc) is 2.97. The Labute approximate surface area is 110 Å². The highest BCUT2D eigenvalue weighted by Gasteiger charge is 2.21. The monoisotopic (exact) mass is 250 g/mol. The Balaban J connectivity index is 2.08. The molecule has 1 fully saturated rings. The zero-order valence-corrected chi connectivity index (χ0v) is 11.9. The molecule has 1 aliphatic heterocycles. The molecule has 1 aromatic heterocycles. The third-order valence-electron chi connectivity index (χ3n) is 3.51. The zero-order chi connectivity index (χ0) is 13.0. The van der Waals surface area contributed by atoms with Gasteiger partial charge in [0.15, 0.2) is 0 Å². The first-order valence-corrected chi connectivity index (χ1v) is 7.20. The smallest absolute Gasteiger partial charge is 0.205 e. The second-order valence-electron chi connectivity index (χ2n) is 5.61. The molecule has 0 aromatic carbocycles. The molecule has 0 radical (unpaired) electrons. The number of aromatic nitrogens is 2. The maximum Gasteiger partial charge on any atom is 0.205 e. The van der Waals surface area contributed by atoms with Gasteiger partial charge in [0.2, 0.25) is 5.95 Å². The van der Waals surface area contributed by atoms with Crippen molar-refractivity contribution in [3.63, 3.8) is 0 Å². The molecule has 1 aliphatic rings. The molecule has 1 aromatic rings. The van der Waals surface area contributed by atoms with Gasteiger partial charge in [0.25, 0.3) is 0 Å². The standard InChI is InChI=1S/C14H26N4/c1-4-17-9-8-16-14(17)18(10-12(2)3)11-13-6-5-7-15-13/h8-9,12-13,15H,4-7,10-11H2,1-3H3. The average molecular weight is 250 g/mol. The van der Waals surface area contributed by atoms with Gasteiger partial charge in [-0.05, 0) is 32.2 Å². The minimum absolute atomic E-state index is 0.630. The van der Waals surface area contributed by atoms with E-state index in [1.807, 2.05) is 6.20 Å². The van der Waals surface area contributed by atoms with Crippen LogP contribution in [0.1, 0.15) is 33.6 Å². The van der Waals surface area contributed by atoms with Gasteiger partial charge >= 0.3 is 0 Å². The van der Waals surface area contributed by atoms with Crippen molar-refractivity contribution < 1.29 is 0 Å². The van der Waals surface area contributed by atoms with Crippen molar-refractivity contribution in [2.24, 2.45) is 5.92 Å². The van der Waals surface area contributed by atoms with Crippen molar-refractivity contribution in [3.8, 4) is 0 Å². The molecule has 0 bridgehead atoms. The van der Waals surface area contributed by atoms with E-state index in [1.165, 1.54) is 19.4 Å². The fourth-order valence-electron chi connectivity index (χ4n) is 2.69. The second kappa shape index (κ2) is 6.23. The van der Waals surface area contributed by atoms with Crippen LogP contribution in [0.2, 0.25) is 0 Å². The van der Waals surface area contributed by atoms with E-state index in [1.54, 1.807) is 0 Å². The molecule has 0 aliphatic carbocycles. The number of nitrogens with one attached hydrogen (secondary N) is 1. The van der Waals surface area contributed by atoms with Gasteiger partial charge in [0, 0.05) is 38.1 Å². The van der Waals surface area contributed by atoms with Gasteiger partial charge < -0.3 is 14.8 Å². The van der Waals surface area contributed by atoms with Gasteiger partial charge in [-0.1, -0.05) is 13.8 Å². The molecule has 2 rings (SSSR count). The van der Waals surface area contributed by atoms with E-state index < -0.39 is 0 Å². The first-order valence-electron chi connectivity index (χ1n) is 7.20. The summed E-state index contributed by atoms with van der Waals surface area (Å²) in [6.45, 7) is 11.0. The number of imidazole rings is 1. The highest BCUT2D eigenvalue weighted by molar-refractivity contribution is 5.32. The van der Waals surface area contributed by atoms with Crippen LogP contribution in [0.3, 0.4) is 0 Å². The van der Waals surface area contributed by atoms with E-state index in [0.717, 1.165) is 25.6 Å². The van der Waals surface area contributed by atoms with Crippen molar-refractivity contribution >= 4 is 5.95 Å². The second-order valence-corrected chi connectivity index (χ2v) is 5.61. The fourth-order valence-corrected chi connectivity index (χ4v) is 2.69. The minimum Gasteiger partial charge on any atom is -0.340 e. The Morgan fingerprint density at radius 1 is 1.56 bits per heavy atom. The Kier molecular flexibility index (Phi) is 4.64. The Hall–Kier alpha value is -1.03. The lowest BCUT2D eigenvalue weighted by Gasteiger charge is -2.28. The van der Waals surface area contributed by atoms with Gasteiger partial charge in [-0.3, -0.25) is 0 Å². The van der Waals surface area contributed by atoms with E-state index in [9.17, 15) is 0 Å². The number of hydrogen-bond acceptors (Lipinski definition) is 3. The van der Waals surface area contributed by atoms with Crippen molar-refractivity contribution in [2.75, 3.05) is 24.5 Å². The van der Waals surface area contributed by atoms with Gasteiger partial charge in [-0.2, -0.15) is 0 Å². The number of nitrogens with zero attached hydrogens (tertiary/aromatic N) is 3. The molecule has 2 heterocycles. The first kappa shape index (κ1) is 13.4. The molecule has 18 heavy (non-hydrogen) atoms. The Bertz CT molecular complexity index is 352. The van der Waals surface area contributed by atoms with Crippen LogP contribution in [0.5, 0.6) is 0 Å². The van der Waals surface area contributed by atoms with Crippen LogP contribution in [0.4, 0.5) is 5.95 Å². The van der Waals surface area contributed by atoms with Crippen LogP contribution in [-0.2, 0) is 6.54 Å². The van der Waals surface area contributed by atoms with Crippen molar-refractivity contribution in [3.05, 3.63) is 12.4 Å². The van der Waals surface area contributed by atoms with Crippen LogP contribution in [0.25, 0.3) is 0 Å². The maximum absolute atomic E-state index is 4.54. The van der Waals surface area contributed by atoms with E-state index in [-0.39, 0.29) is 0 Å². The molecule has 102 valence electrons. The summed E-state index contributed by atoms with van der Waals surface area (Å²) in [6.07, 6.45) is 6.59. The van der Waals surface area contributed by atoms with E-state index >= 15 is 0 Å². The van der Waals surface area contributed by atoms with Crippen LogP contribution in [0.15, 0.2) is 12.4 Å². The highest BCUT2D eigenvalue weighted by atomic mass is 15.3. The van der Waals surface area contributed by atoms with Crippen LogP contribution >= 0.6 is 0 Å². The van der Waals surface area contributed by atoms with Gasteiger partial charge in [-0.15, -0.1) is 0 Å². The third kappa shape index (κ3) is 3.25. The maximum atomic E-state index is 4.54. The third-order valence-corrected chi connectivity index (χ3v) is 3.51. The quantitative estimate of drug-likeness (QED) is 0.839. The van der Waals surface area contributed by atoms with Gasteiger partial charge in [0.05, 0.1) is 0 Å². The zero-order valence-electron chi connectivity index (χ0n) is 11.9. The fraction of sp³-hybridized carbons (Fsp3) is 0.786. The van der Waals surface area contributed by atoms with Gasteiger partial charge in [0.1, 0.15) is 0 Å². The van der Waals surface area contributed by atoms with Crippen molar-refractivity contribution in [1.29, 1.82) is 0 Å². The van der Waals surface area contributed by atoms with Crippen molar-refractivity contribution in [1.82, 2.24) is 14.9 Å². The molecule has 0 saturated carbocycles. The lowest BCUT2D eigenvalue weighted by molar-refractivity contribution is 0.526. The van der Waals surface area contributed by atoms with E-state index in [0.29, 0.717) is 12.0 Å². The summed E-state index contributed by atoms with van der Waals surface area (Å²) in [6, 6.07) is 0.630. The summed E-state index contributed by atoms with van der Waals surface area (Å²) in [4.78, 5) is 6.99. The molecule has 0 spiro atoms. The summed E-state index contributed by atoms with van der Waals surface area (Å²) in [5, 5.41) is 3.58. The predicted octanol–water partition coefficient (Wildman–Crippen LogP) is 2.12. The van der Waals surface area contributed by atoms with Crippen LogP contribution < -0.4 is 10.2 Å². The normalized spacial score (nSPS) is 19.7. The summed E-state index contributed by atoms with van der Waals surface area (Å²) in [5.74, 6) is 1.79. The van der Waals surface area contributed by atoms with Crippen LogP contribution in [-0.4, -0.2) is 35.2 Å². The molecule has 0 amide bonds. The number of rotatable bonds is 6. The summed E-state index contributed by atoms with van der Waals surface area (Å²) < 4.78 is 2.23. The molecular weight excluding hydrogens is 224 g/mol. The molecular formula is C14H26N4. The van der Waals surface area contributed by atoms with E-state index in [4.69, 9.17) is 0 Å². The summed E-state index contributed by atoms with van der Waals surface area (Å²) >= 11 is 0. The number of anilines is 1. The van der Waals surface area contributed by atoms with Crippen molar-refractivity contribution in [2.45, 2.75) is 46.2 Å². The highest BCUT2D eigenvalue weighted by Crippen LogP contribution is 2.16.